The fourth-order valence-corrected chi connectivity index (χ4v) is 2.06. The molecule has 0 fully saturated rings. The summed E-state index contributed by atoms with van der Waals surface area (Å²) in [6.45, 7) is 4.91. The Hall–Kier alpha value is -1.75. The third-order valence-corrected chi connectivity index (χ3v) is 3.25. The van der Waals surface area contributed by atoms with E-state index in [1.807, 2.05) is 38.4 Å². The van der Waals surface area contributed by atoms with Crippen LogP contribution in [0.1, 0.15) is 13.8 Å². The summed E-state index contributed by atoms with van der Waals surface area (Å²) in [6.07, 6.45) is 0. The predicted molar refractivity (Wildman–Crippen MR) is 82.3 cm³/mol. The SMILES string of the molecule is COc1ccc(NC(=O)NC[C@H](C(C)C)N(C)C)cc1. The van der Waals surface area contributed by atoms with Crippen molar-refractivity contribution in [2.45, 2.75) is 19.9 Å². The van der Waals surface area contributed by atoms with E-state index in [1.54, 1.807) is 7.11 Å². The molecule has 1 aromatic carbocycles. The van der Waals surface area contributed by atoms with Crippen LogP contribution in [0.15, 0.2) is 24.3 Å². The van der Waals surface area contributed by atoms with Crippen molar-refractivity contribution in [2.24, 2.45) is 5.92 Å². The summed E-state index contributed by atoms with van der Waals surface area (Å²) in [6, 6.07) is 7.37. The normalized spacial score (nSPS) is 12.3. The van der Waals surface area contributed by atoms with Crippen molar-refractivity contribution < 1.29 is 9.53 Å². The molecule has 0 radical (unpaired) electrons. The molecule has 112 valence electrons. The quantitative estimate of drug-likeness (QED) is 0.840. The Morgan fingerprint density at radius 1 is 1.25 bits per heavy atom. The molecule has 0 heterocycles. The first-order chi connectivity index (χ1) is 9.43. The highest BCUT2D eigenvalue weighted by atomic mass is 16.5. The largest absolute Gasteiger partial charge is 0.497 e. The van der Waals surface area contributed by atoms with Crippen molar-refractivity contribution in [3.63, 3.8) is 0 Å². The predicted octanol–water partition coefficient (Wildman–Crippen LogP) is 2.40. The number of likely N-dealkylation sites (N-methyl/N-ethyl adjacent to an activating group) is 1. The molecule has 1 rings (SSSR count). The van der Waals surface area contributed by atoms with E-state index in [2.05, 4.69) is 29.4 Å². The molecular formula is C15H25N3O2. The second-order valence-electron chi connectivity index (χ2n) is 5.34. The van der Waals surface area contributed by atoms with E-state index in [-0.39, 0.29) is 6.03 Å². The Balaban J connectivity index is 2.46. The van der Waals surface area contributed by atoms with E-state index in [0.717, 1.165) is 11.4 Å². The van der Waals surface area contributed by atoms with E-state index in [9.17, 15) is 4.79 Å². The van der Waals surface area contributed by atoms with Gasteiger partial charge in [0.25, 0.3) is 0 Å². The minimum atomic E-state index is -0.192. The zero-order chi connectivity index (χ0) is 15.1. The number of methoxy groups -OCH3 is 1. The number of benzene rings is 1. The van der Waals surface area contributed by atoms with Gasteiger partial charge in [0.05, 0.1) is 7.11 Å². The Morgan fingerprint density at radius 3 is 2.30 bits per heavy atom. The lowest BCUT2D eigenvalue weighted by Gasteiger charge is -2.28. The van der Waals surface area contributed by atoms with Gasteiger partial charge in [0.15, 0.2) is 0 Å². The van der Waals surface area contributed by atoms with Gasteiger partial charge < -0.3 is 20.3 Å². The second-order valence-corrected chi connectivity index (χ2v) is 5.34. The maximum atomic E-state index is 11.8. The summed E-state index contributed by atoms with van der Waals surface area (Å²) in [7, 11) is 5.66. The lowest BCUT2D eigenvalue weighted by atomic mass is 10.0. The molecule has 0 aliphatic rings. The Kier molecular flexibility index (Phi) is 6.31. The van der Waals surface area contributed by atoms with Crippen LogP contribution in [0.2, 0.25) is 0 Å². The van der Waals surface area contributed by atoms with E-state index in [4.69, 9.17) is 4.74 Å². The number of carbonyl (C=O) groups is 1. The fraction of sp³-hybridized carbons (Fsp3) is 0.533. The maximum Gasteiger partial charge on any atom is 0.319 e. The van der Waals surface area contributed by atoms with Crippen LogP contribution in [0.3, 0.4) is 0 Å². The molecule has 20 heavy (non-hydrogen) atoms. The molecule has 2 amide bonds. The Morgan fingerprint density at radius 2 is 1.85 bits per heavy atom. The molecule has 0 saturated carbocycles. The van der Waals surface area contributed by atoms with Gasteiger partial charge in [0.2, 0.25) is 0 Å². The average Bonchev–Trinajstić information content (AvgIpc) is 2.39. The minimum absolute atomic E-state index is 0.192. The zero-order valence-electron chi connectivity index (χ0n) is 12.9. The summed E-state index contributed by atoms with van der Waals surface area (Å²) in [5.74, 6) is 1.25. The number of nitrogens with zero attached hydrogens (tertiary/aromatic N) is 1. The topological polar surface area (TPSA) is 53.6 Å². The van der Waals surface area contributed by atoms with Gasteiger partial charge in [-0.2, -0.15) is 0 Å². The fourth-order valence-electron chi connectivity index (χ4n) is 2.06. The third kappa shape index (κ3) is 5.09. The van der Waals surface area contributed by atoms with Gasteiger partial charge in [0, 0.05) is 18.3 Å². The third-order valence-electron chi connectivity index (χ3n) is 3.25. The highest BCUT2D eigenvalue weighted by molar-refractivity contribution is 5.89. The number of amides is 2. The molecule has 5 heteroatoms. The van der Waals surface area contributed by atoms with E-state index < -0.39 is 0 Å². The highest BCUT2D eigenvalue weighted by Crippen LogP contribution is 2.14. The van der Waals surface area contributed by atoms with E-state index >= 15 is 0 Å². The lowest BCUT2D eigenvalue weighted by Crippen LogP contribution is -2.44. The first-order valence-corrected chi connectivity index (χ1v) is 6.79. The molecular weight excluding hydrogens is 254 g/mol. The molecule has 2 N–H and O–H groups in total. The minimum Gasteiger partial charge on any atom is -0.497 e. The Labute approximate surface area is 121 Å². The van der Waals surface area contributed by atoms with E-state index in [0.29, 0.717) is 18.5 Å². The Bertz CT molecular complexity index is 408. The van der Waals surface area contributed by atoms with Gasteiger partial charge in [-0.25, -0.2) is 4.79 Å². The molecule has 0 aliphatic carbocycles. The number of hydrogen-bond acceptors (Lipinski definition) is 3. The second kappa shape index (κ2) is 7.75. The molecule has 0 bridgehead atoms. The molecule has 1 atom stereocenters. The maximum absolute atomic E-state index is 11.8. The van der Waals surface area contributed by atoms with Crippen LogP contribution in [-0.4, -0.2) is 44.7 Å². The van der Waals surface area contributed by atoms with Crippen molar-refractivity contribution in [2.75, 3.05) is 33.1 Å². The van der Waals surface area contributed by atoms with E-state index in [1.165, 1.54) is 0 Å². The molecule has 0 spiro atoms. The molecule has 0 aliphatic heterocycles. The number of hydrogen-bond donors (Lipinski definition) is 2. The molecule has 0 saturated heterocycles. The summed E-state index contributed by atoms with van der Waals surface area (Å²) >= 11 is 0. The van der Waals surface area contributed by atoms with Gasteiger partial charge in [-0.05, 0) is 44.3 Å². The standard InChI is InChI=1S/C15H25N3O2/c1-11(2)14(18(3)4)10-16-15(19)17-12-6-8-13(20-5)9-7-12/h6-9,11,14H,10H2,1-5H3,(H2,16,17,19)/t14-/m1/s1. The number of carbonyl (C=O) groups excluding carboxylic acids is 1. The van der Waals surface area contributed by atoms with Gasteiger partial charge in [-0.3, -0.25) is 0 Å². The van der Waals surface area contributed by atoms with Crippen molar-refractivity contribution in [3.8, 4) is 5.75 Å². The molecule has 5 nitrogen and oxygen atoms in total. The summed E-state index contributed by atoms with van der Waals surface area (Å²) in [5.41, 5.74) is 0.745. The van der Waals surface area contributed by atoms with Crippen molar-refractivity contribution in [1.82, 2.24) is 10.2 Å². The number of rotatable bonds is 6. The van der Waals surface area contributed by atoms with Gasteiger partial charge in [-0.1, -0.05) is 13.8 Å². The van der Waals surface area contributed by atoms with Crippen LogP contribution in [0.4, 0.5) is 10.5 Å². The molecule has 1 aromatic rings. The van der Waals surface area contributed by atoms with Crippen molar-refractivity contribution >= 4 is 11.7 Å². The number of ether oxygens (including phenoxy) is 1. The molecule has 0 unspecified atom stereocenters. The van der Waals surface area contributed by atoms with Crippen LogP contribution in [-0.2, 0) is 0 Å². The summed E-state index contributed by atoms with van der Waals surface area (Å²) in [4.78, 5) is 14.0. The smallest absolute Gasteiger partial charge is 0.319 e. The summed E-state index contributed by atoms with van der Waals surface area (Å²) < 4.78 is 5.07. The van der Waals surface area contributed by atoms with Crippen molar-refractivity contribution in [1.29, 1.82) is 0 Å². The molecule has 0 aromatic heterocycles. The first kappa shape index (κ1) is 16.3. The van der Waals surface area contributed by atoms with Gasteiger partial charge in [-0.15, -0.1) is 0 Å². The zero-order valence-corrected chi connectivity index (χ0v) is 12.9. The van der Waals surface area contributed by atoms with Gasteiger partial charge in [0.1, 0.15) is 5.75 Å². The van der Waals surface area contributed by atoms with Crippen molar-refractivity contribution in [3.05, 3.63) is 24.3 Å². The number of nitrogens with one attached hydrogen (secondary N) is 2. The van der Waals surface area contributed by atoms with Crippen LogP contribution in [0.25, 0.3) is 0 Å². The number of urea groups is 1. The van der Waals surface area contributed by atoms with Crippen LogP contribution in [0.5, 0.6) is 5.75 Å². The highest BCUT2D eigenvalue weighted by Gasteiger charge is 2.16. The first-order valence-electron chi connectivity index (χ1n) is 6.79. The average molecular weight is 279 g/mol. The number of anilines is 1. The van der Waals surface area contributed by atoms with Crippen LogP contribution < -0.4 is 15.4 Å². The van der Waals surface area contributed by atoms with Gasteiger partial charge >= 0.3 is 6.03 Å². The summed E-state index contributed by atoms with van der Waals surface area (Å²) in [5, 5.41) is 5.70. The lowest BCUT2D eigenvalue weighted by molar-refractivity contribution is 0.218. The van der Waals surface area contributed by atoms with Crippen LogP contribution in [0, 0.1) is 5.92 Å². The monoisotopic (exact) mass is 279 g/mol. The van der Waals surface area contributed by atoms with Crippen LogP contribution >= 0.6 is 0 Å².